The van der Waals surface area contributed by atoms with E-state index in [4.69, 9.17) is 15.3 Å². The number of nitriles is 2. The number of hydrogen-bond acceptors (Lipinski definition) is 4. The van der Waals surface area contributed by atoms with Gasteiger partial charge in [0.2, 0.25) is 0 Å². The van der Waals surface area contributed by atoms with E-state index >= 15 is 0 Å². The number of ether oxygens (including phenoxy) is 1. The second kappa shape index (κ2) is 5.84. The molecule has 4 nitrogen and oxygen atoms in total. The summed E-state index contributed by atoms with van der Waals surface area (Å²) in [5.74, 6) is -0.676. The minimum absolute atomic E-state index is 0.105. The van der Waals surface area contributed by atoms with E-state index in [9.17, 15) is 4.79 Å². The van der Waals surface area contributed by atoms with E-state index in [0.29, 0.717) is 11.3 Å². The minimum atomic E-state index is -0.913. The summed E-state index contributed by atoms with van der Waals surface area (Å²) < 4.78 is 5.16. The van der Waals surface area contributed by atoms with Crippen LogP contribution in [0.3, 0.4) is 0 Å². The van der Waals surface area contributed by atoms with Gasteiger partial charge in [-0.1, -0.05) is 0 Å². The molecule has 18 heavy (non-hydrogen) atoms. The average Bonchev–Trinajstić information content (AvgIpc) is 2.38. The molecule has 1 aromatic rings. The summed E-state index contributed by atoms with van der Waals surface area (Å²) in [6, 6.07) is 7.11. The van der Waals surface area contributed by atoms with Crippen LogP contribution < -0.4 is 4.74 Å². The zero-order chi connectivity index (χ0) is 13.7. The Bertz CT molecular complexity index is 536. The van der Waals surface area contributed by atoms with Crippen molar-refractivity contribution in [2.24, 2.45) is 5.92 Å². The molecule has 1 aromatic carbocycles. The lowest BCUT2D eigenvalue weighted by Gasteiger charge is -2.11. The first-order valence-corrected chi connectivity index (χ1v) is 5.51. The topological polar surface area (TPSA) is 73.9 Å². The van der Waals surface area contributed by atoms with Crippen LogP contribution in [0.5, 0.6) is 5.75 Å². The molecule has 0 fully saturated rings. The van der Waals surface area contributed by atoms with Gasteiger partial charge in [-0.05, 0) is 37.1 Å². The molecule has 0 heterocycles. The van der Waals surface area contributed by atoms with Gasteiger partial charge in [-0.3, -0.25) is 4.79 Å². The first-order chi connectivity index (χ1) is 8.53. The van der Waals surface area contributed by atoms with Crippen LogP contribution in [0, 0.1) is 42.4 Å². The largest absolute Gasteiger partial charge is 0.496 e. The summed E-state index contributed by atoms with van der Waals surface area (Å²) in [5.41, 5.74) is 2.43. The number of carbonyl (C=O) groups is 1. The Balaban J connectivity index is 3.10. The van der Waals surface area contributed by atoms with Gasteiger partial charge >= 0.3 is 0 Å². The molecule has 0 atom stereocenters. The molecule has 0 aliphatic rings. The number of aryl methyl sites for hydroxylation is 2. The van der Waals surface area contributed by atoms with Crippen molar-refractivity contribution in [3.8, 4) is 17.9 Å². The highest BCUT2D eigenvalue weighted by Gasteiger charge is 2.18. The van der Waals surface area contributed by atoms with E-state index < -0.39 is 5.92 Å². The number of carbonyl (C=O) groups excluding carboxylic acids is 1. The van der Waals surface area contributed by atoms with Crippen molar-refractivity contribution in [3.05, 3.63) is 28.8 Å². The lowest BCUT2D eigenvalue weighted by atomic mass is 9.96. The predicted molar refractivity (Wildman–Crippen MR) is 66.1 cm³/mol. The Kier molecular flexibility index (Phi) is 4.45. The van der Waals surface area contributed by atoms with Crippen LogP contribution in [0.2, 0.25) is 0 Å². The number of hydrogen-bond donors (Lipinski definition) is 0. The van der Waals surface area contributed by atoms with Gasteiger partial charge in [-0.2, -0.15) is 10.5 Å². The molecule has 0 radical (unpaired) electrons. The Hall–Kier alpha value is -2.33. The molecule has 0 aromatic heterocycles. The Morgan fingerprint density at radius 1 is 1.28 bits per heavy atom. The molecule has 4 heteroatoms. The number of Topliss-reactive ketones (excluding diaryl/α,β-unsaturated/α-hetero) is 1. The monoisotopic (exact) mass is 242 g/mol. The van der Waals surface area contributed by atoms with Crippen molar-refractivity contribution in [2.75, 3.05) is 7.11 Å². The highest BCUT2D eigenvalue weighted by Crippen LogP contribution is 2.25. The standard InChI is InChI=1S/C14H14N2O2/c1-9-4-12(14(18-3)5-10(9)2)13(17)6-11(7-15)8-16/h4-5,11H,6H2,1-3H3. The third kappa shape index (κ3) is 2.87. The Morgan fingerprint density at radius 3 is 2.33 bits per heavy atom. The molecule has 0 aliphatic heterocycles. The predicted octanol–water partition coefficient (Wildman–Crippen LogP) is 2.55. The maximum absolute atomic E-state index is 12.0. The minimum Gasteiger partial charge on any atom is -0.496 e. The van der Waals surface area contributed by atoms with E-state index in [2.05, 4.69) is 0 Å². The molecule has 0 unspecified atom stereocenters. The summed E-state index contributed by atoms with van der Waals surface area (Å²) in [6.45, 7) is 3.83. The fourth-order valence-electron chi connectivity index (χ4n) is 1.59. The van der Waals surface area contributed by atoms with Crippen molar-refractivity contribution in [2.45, 2.75) is 20.3 Å². The van der Waals surface area contributed by atoms with Gasteiger partial charge in [0.1, 0.15) is 11.7 Å². The van der Waals surface area contributed by atoms with Gasteiger partial charge in [0.25, 0.3) is 0 Å². The number of ketones is 1. The molecule has 92 valence electrons. The van der Waals surface area contributed by atoms with Crippen molar-refractivity contribution in [1.29, 1.82) is 10.5 Å². The lowest BCUT2D eigenvalue weighted by molar-refractivity contribution is 0.0973. The SMILES string of the molecule is COc1cc(C)c(C)cc1C(=O)CC(C#N)C#N. The molecule has 0 amide bonds. The van der Waals surface area contributed by atoms with Crippen LogP contribution in [0.15, 0.2) is 12.1 Å². The van der Waals surface area contributed by atoms with Crippen LogP contribution in [0.25, 0.3) is 0 Å². The second-order valence-corrected chi connectivity index (χ2v) is 4.07. The molecule has 0 saturated heterocycles. The van der Waals surface area contributed by atoms with Crippen molar-refractivity contribution in [3.63, 3.8) is 0 Å². The average molecular weight is 242 g/mol. The summed E-state index contributed by atoms with van der Waals surface area (Å²) >= 11 is 0. The third-order valence-corrected chi connectivity index (χ3v) is 2.82. The lowest BCUT2D eigenvalue weighted by Crippen LogP contribution is -2.08. The van der Waals surface area contributed by atoms with Gasteiger partial charge in [0.05, 0.1) is 24.8 Å². The van der Waals surface area contributed by atoms with Crippen molar-refractivity contribution in [1.82, 2.24) is 0 Å². The second-order valence-electron chi connectivity index (χ2n) is 4.07. The maximum Gasteiger partial charge on any atom is 0.168 e. The summed E-state index contributed by atoms with van der Waals surface area (Å²) in [7, 11) is 1.49. The normalized spacial score (nSPS) is 9.67. The molecular weight excluding hydrogens is 228 g/mol. The van der Waals surface area contributed by atoms with Crippen LogP contribution in [0.4, 0.5) is 0 Å². The highest BCUT2D eigenvalue weighted by molar-refractivity contribution is 5.99. The van der Waals surface area contributed by atoms with Crippen LogP contribution in [-0.4, -0.2) is 12.9 Å². The van der Waals surface area contributed by atoms with Crippen LogP contribution >= 0.6 is 0 Å². The van der Waals surface area contributed by atoms with E-state index in [-0.39, 0.29) is 12.2 Å². The van der Waals surface area contributed by atoms with Crippen molar-refractivity contribution >= 4 is 5.78 Å². The molecule has 1 rings (SSSR count). The van der Waals surface area contributed by atoms with Crippen molar-refractivity contribution < 1.29 is 9.53 Å². The highest BCUT2D eigenvalue weighted by atomic mass is 16.5. The quantitative estimate of drug-likeness (QED) is 0.760. The summed E-state index contributed by atoms with van der Waals surface area (Å²) in [4.78, 5) is 12.0. The third-order valence-electron chi connectivity index (χ3n) is 2.82. The molecule has 0 spiro atoms. The van der Waals surface area contributed by atoms with E-state index in [1.165, 1.54) is 7.11 Å². The fraction of sp³-hybridized carbons (Fsp3) is 0.357. The maximum atomic E-state index is 12.0. The van der Waals surface area contributed by atoms with Gasteiger partial charge in [-0.25, -0.2) is 0 Å². The Morgan fingerprint density at radius 2 is 1.83 bits per heavy atom. The Labute approximate surface area is 106 Å². The summed E-state index contributed by atoms with van der Waals surface area (Å²) in [5, 5.41) is 17.4. The number of benzene rings is 1. The molecule has 0 N–H and O–H groups in total. The first kappa shape index (κ1) is 13.7. The zero-order valence-electron chi connectivity index (χ0n) is 10.7. The molecular formula is C14H14N2O2. The van der Waals surface area contributed by atoms with Gasteiger partial charge in [0.15, 0.2) is 5.78 Å². The molecule has 0 saturated carbocycles. The van der Waals surface area contributed by atoms with Gasteiger partial charge in [0, 0.05) is 6.42 Å². The zero-order valence-corrected chi connectivity index (χ0v) is 10.7. The first-order valence-electron chi connectivity index (χ1n) is 5.51. The number of rotatable bonds is 4. The number of nitrogens with zero attached hydrogens (tertiary/aromatic N) is 2. The van der Waals surface area contributed by atoms with E-state index in [0.717, 1.165) is 11.1 Å². The molecule has 0 aliphatic carbocycles. The van der Waals surface area contributed by atoms with E-state index in [1.54, 1.807) is 24.3 Å². The number of methoxy groups -OCH3 is 1. The molecule has 0 bridgehead atoms. The smallest absolute Gasteiger partial charge is 0.168 e. The van der Waals surface area contributed by atoms with Crippen LogP contribution in [-0.2, 0) is 0 Å². The summed E-state index contributed by atoms with van der Waals surface area (Å²) in [6.07, 6.45) is -0.105. The van der Waals surface area contributed by atoms with Gasteiger partial charge in [-0.15, -0.1) is 0 Å². The van der Waals surface area contributed by atoms with Crippen LogP contribution in [0.1, 0.15) is 27.9 Å². The van der Waals surface area contributed by atoms with Gasteiger partial charge < -0.3 is 4.74 Å². The fourth-order valence-corrected chi connectivity index (χ4v) is 1.59. The van der Waals surface area contributed by atoms with E-state index in [1.807, 2.05) is 13.8 Å².